The average molecular weight is 150 g/mol. The lowest BCUT2D eigenvalue weighted by Crippen LogP contribution is -2.30. The van der Waals surface area contributed by atoms with Crippen LogP contribution in [0.3, 0.4) is 0 Å². The first kappa shape index (κ1) is 7.32. The van der Waals surface area contributed by atoms with Crippen LogP contribution in [0.1, 0.15) is 19.3 Å². The summed E-state index contributed by atoms with van der Waals surface area (Å²) in [6.45, 7) is 0. The van der Waals surface area contributed by atoms with Gasteiger partial charge in [0.25, 0.3) is 0 Å². The summed E-state index contributed by atoms with van der Waals surface area (Å²) in [6.07, 6.45) is 3.84. The maximum absolute atomic E-state index is 5.45. The molecule has 0 radical (unpaired) electrons. The van der Waals surface area contributed by atoms with Gasteiger partial charge >= 0.3 is 0 Å². The third-order valence-corrected chi connectivity index (χ3v) is 2.18. The van der Waals surface area contributed by atoms with Crippen LogP contribution >= 0.6 is 11.8 Å². The molecule has 9 heavy (non-hydrogen) atoms. The quantitative estimate of drug-likeness (QED) is 0.598. The first-order valence-corrected chi connectivity index (χ1v) is 3.65. The highest BCUT2D eigenvalue weighted by Crippen LogP contribution is 2.21. The third-order valence-electron chi connectivity index (χ3n) is 1.90. The zero-order valence-electron chi connectivity index (χ0n) is 5.56. The maximum Gasteiger partial charge on any atom is 0.0736 e. The van der Waals surface area contributed by atoms with Gasteiger partial charge in [0.2, 0.25) is 0 Å². The molecule has 2 atom stereocenters. The fourth-order valence-corrected chi connectivity index (χ4v) is 1.58. The lowest BCUT2D eigenvalue weighted by atomic mass is 10.2. The van der Waals surface area contributed by atoms with Crippen molar-refractivity contribution in [3.8, 4) is 0 Å². The molecule has 0 aliphatic heterocycles. The molecule has 0 aromatic rings. The SMILES string of the molecule is CO[C@@H]1CCC[C@@H]1NCl. The Kier molecular flexibility index (Phi) is 2.76. The second kappa shape index (κ2) is 3.40. The van der Waals surface area contributed by atoms with E-state index in [1.807, 2.05) is 0 Å². The fourth-order valence-electron chi connectivity index (χ4n) is 1.33. The van der Waals surface area contributed by atoms with E-state index in [-0.39, 0.29) is 0 Å². The van der Waals surface area contributed by atoms with Crippen LogP contribution in [-0.4, -0.2) is 19.3 Å². The Hall–Kier alpha value is 0.210. The Labute approximate surface area is 60.6 Å². The van der Waals surface area contributed by atoms with E-state index in [1.54, 1.807) is 7.11 Å². The van der Waals surface area contributed by atoms with Gasteiger partial charge in [-0.15, -0.1) is 0 Å². The van der Waals surface area contributed by atoms with Gasteiger partial charge in [0.1, 0.15) is 0 Å². The second-order valence-electron chi connectivity index (χ2n) is 2.42. The largest absolute Gasteiger partial charge is 0.380 e. The molecule has 1 saturated carbocycles. The number of halogens is 1. The second-order valence-corrected chi connectivity index (χ2v) is 2.64. The number of rotatable bonds is 2. The van der Waals surface area contributed by atoms with Crippen molar-refractivity contribution < 1.29 is 4.74 Å². The van der Waals surface area contributed by atoms with E-state index >= 15 is 0 Å². The molecule has 0 unspecified atom stereocenters. The highest BCUT2D eigenvalue weighted by atomic mass is 35.5. The minimum absolute atomic E-state index is 0.336. The van der Waals surface area contributed by atoms with Crippen molar-refractivity contribution in [3.63, 3.8) is 0 Å². The Morgan fingerprint density at radius 3 is 2.78 bits per heavy atom. The smallest absolute Gasteiger partial charge is 0.0736 e. The molecule has 0 spiro atoms. The van der Waals surface area contributed by atoms with Gasteiger partial charge in [0, 0.05) is 13.2 Å². The van der Waals surface area contributed by atoms with Crippen molar-refractivity contribution in [1.82, 2.24) is 4.84 Å². The van der Waals surface area contributed by atoms with Crippen molar-refractivity contribution in [1.29, 1.82) is 0 Å². The van der Waals surface area contributed by atoms with Gasteiger partial charge < -0.3 is 4.74 Å². The molecule has 2 nitrogen and oxygen atoms in total. The molecule has 0 aromatic carbocycles. The van der Waals surface area contributed by atoms with E-state index in [0.29, 0.717) is 12.1 Å². The van der Waals surface area contributed by atoms with Gasteiger partial charge in [-0.2, -0.15) is 0 Å². The van der Waals surface area contributed by atoms with Crippen molar-refractivity contribution >= 4 is 11.8 Å². The lowest BCUT2D eigenvalue weighted by Gasteiger charge is -2.14. The highest BCUT2D eigenvalue weighted by Gasteiger charge is 2.25. The summed E-state index contributed by atoms with van der Waals surface area (Å²) in [5.74, 6) is 0. The number of nitrogens with one attached hydrogen (secondary N) is 1. The normalized spacial score (nSPS) is 35.3. The summed E-state index contributed by atoms with van der Waals surface area (Å²) in [5.41, 5.74) is 0. The van der Waals surface area contributed by atoms with E-state index in [0.717, 1.165) is 12.8 Å². The summed E-state index contributed by atoms with van der Waals surface area (Å²) >= 11 is 5.45. The summed E-state index contributed by atoms with van der Waals surface area (Å²) in [7, 11) is 1.73. The first-order chi connectivity index (χ1) is 4.38. The van der Waals surface area contributed by atoms with Crippen LogP contribution in [0.2, 0.25) is 0 Å². The van der Waals surface area contributed by atoms with Crippen LogP contribution in [0.4, 0.5) is 0 Å². The molecule has 1 rings (SSSR count). The topological polar surface area (TPSA) is 21.3 Å². The number of hydrogen-bond donors (Lipinski definition) is 1. The highest BCUT2D eigenvalue weighted by molar-refractivity contribution is 6.13. The summed E-state index contributed by atoms with van der Waals surface area (Å²) in [6, 6.07) is 0.372. The molecule has 54 valence electrons. The molecule has 1 fully saturated rings. The molecule has 0 bridgehead atoms. The molecule has 1 aliphatic carbocycles. The van der Waals surface area contributed by atoms with Gasteiger partial charge in [-0.3, -0.25) is 0 Å². The van der Waals surface area contributed by atoms with Crippen molar-refractivity contribution in [3.05, 3.63) is 0 Å². The van der Waals surface area contributed by atoms with Crippen molar-refractivity contribution in [2.75, 3.05) is 7.11 Å². The van der Waals surface area contributed by atoms with E-state index in [4.69, 9.17) is 16.5 Å². The molecule has 0 heterocycles. The first-order valence-electron chi connectivity index (χ1n) is 3.27. The maximum atomic E-state index is 5.45. The minimum atomic E-state index is 0.336. The summed E-state index contributed by atoms with van der Waals surface area (Å²) in [4.78, 5) is 2.71. The standard InChI is InChI=1S/C6H12ClNO/c1-9-6-4-2-3-5(6)8-7/h5-6,8H,2-4H2,1H3/t5-,6+/m0/s1. The predicted molar refractivity (Wildman–Crippen MR) is 37.4 cm³/mol. The Bertz CT molecular complexity index is 79.1. The molecule has 0 aromatic heterocycles. The Morgan fingerprint density at radius 1 is 1.56 bits per heavy atom. The van der Waals surface area contributed by atoms with Crippen LogP contribution < -0.4 is 4.84 Å². The van der Waals surface area contributed by atoms with E-state index in [1.165, 1.54) is 6.42 Å². The van der Waals surface area contributed by atoms with Gasteiger partial charge in [0.15, 0.2) is 0 Å². The van der Waals surface area contributed by atoms with Gasteiger partial charge in [-0.05, 0) is 31.0 Å². The summed E-state index contributed by atoms with van der Waals surface area (Å²) < 4.78 is 5.17. The molecule has 0 amide bonds. The Balaban J connectivity index is 2.32. The number of hydrogen-bond acceptors (Lipinski definition) is 2. The fraction of sp³-hybridized carbons (Fsp3) is 1.00. The van der Waals surface area contributed by atoms with Crippen LogP contribution in [0.25, 0.3) is 0 Å². The number of ether oxygens (including phenoxy) is 1. The monoisotopic (exact) mass is 149 g/mol. The molecule has 1 N–H and O–H groups in total. The predicted octanol–water partition coefficient (Wildman–Crippen LogP) is 1.30. The van der Waals surface area contributed by atoms with Gasteiger partial charge in [0.05, 0.1) is 6.10 Å². The van der Waals surface area contributed by atoms with Crippen LogP contribution in [0.5, 0.6) is 0 Å². The minimum Gasteiger partial charge on any atom is -0.380 e. The van der Waals surface area contributed by atoms with E-state index in [2.05, 4.69) is 4.84 Å². The summed E-state index contributed by atoms with van der Waals surface area (Å²) in [5, 5.41) is 0. The third kappa shape index (κ3) is 1.57. The molecular formula is C6H12ClNO. The van der Waals surface area contributed by atoms with Crippen molar-refractivity contribution in [2.24, 2.45) is 0 Å². The molecule has 1 aliphatic rings. The number of methoxy groups -OCH3 is 1. The van der Waals surface area contributed by atoms with Gasteiger partial charge in [-0.25, -0.2) is 4.84 Å². The molecule has 3 heteroatoms. The van der Waals surface area contributed by atoms with Crippen LogP contribution in [-0.2, 0) is 4.74 Å². The Morgan fingerprint density at radius 2 is 2.33 bits per heavy atom. The average Bonchev–Trinajstić information content (AvgIpc) is 2.33. The van der Waals surface area contributed by atoms with E-state index < -0.39 is 0 Å². The zero-order chi connectivity index (χ0) is 6.69. The van der Waals surface area contributed by atoms with E-state index in [9.17, 15) is 0 Å². The zero-order valence-corrected chi connectivity index (χ0v) is 6.32. The van der Waals surface area contributed by atoms with Gasteiger partial charge in [-0.1, -0.05) is 0 Å². The van der Waals surface area contributed by atoms with Crippen molar-refractivity contribution in [2.45, 2.75) is 31.4 Å². The lowest BCUT2D eigenvalue weighted by molar-refractivity contribution is 0.0919. The molecular weight excluding hydrogens is 138 g/mol. The molecule has 0 saturated heterocycles. The van der Waals surface area contributed by atoms with Crippen LogP contribution in [0, 0.1) is 0 Å². The van der Waals surface area contributed by atoms with Crippen LogP contribution in [0.15, 0.2) is 0 Å².